The van der Waals surface area contributed by atoms with Crippen molar-refractivity contribution in [3.8, 4) is 17.3 Å². The third kappa shape index (κ3) is 3.10. The molecule has 0 amide bonds. The van der Waals surface area contributed by atoms with Crippen molar-refractivity contribution in [3.05, 3.63) is 58.8 Å². The summed E-state index contributed by atoms with van der Waals surface area (Å²) >= 11 is 0. The lowest BCUT2D eigenvalue weighted by Crippen LogP contribution is -2.38. The number of nitrogens with one attached hydrogen (secondary N) is 1. The summed E-state index contributed by atoms with van der Waals surface area (Å²) in [4.78, 5) is 19.7. The second-order valence-electron chi connectivity index (χ2n) is 7.45. The third-order valence-corrected chi connectivity index (χ3v) is 5.42. The van der Waals surface area contributed by atoms with Gasteiger partial charge in [-0.2, -0.15) is 4.98 Å². The first-order chi connectivity index (χ1) is 13.2. The highest BCUT2D eigenvalue weighted by molar-refractivity contribution is 5.55. The molecule has 6 nitrogen and oxygen atoms in total. The molecule has 0 saturated heterocycles. The maximum Gasteiger partial charge on any atom is 0.220 e. The molecule has 5 rings (SSSR count). The van der Waals surface area contributed by atoms with Crippen molar-refractivity contribution < 1.29 is 4.74 Å². The van der Waals surface area contributed by atoms with Gasteiger partial charge in [0.15, 0.2) is 0 Å². The van der Waals surface area contributed by atoms with E-state index in [-0.39, 0.29) is 6.10 Å². The Labute approximate surface area is 158 Å². The number of hydrogen-bond acceptors (Lipinski definition) is 5. The minimum atomic E-state index is 0.146. The Kier molecular flexibility index (Phi) is 3.93. The van der Waals surface area contributed by atoms with Gasteiger partial charge in [0.05, 0.1) is 11.4 Å². The average molecular weight is 361 g/mol. The molecule has 0 fully saturated rings. The van der Waals surface area contributed by atoms with Crippen molar-refractivity contribution in [2.45, 2.75) is 39.3 Å². The number of nitrogens with zero attached hydrogens (tertiary/aromatic N) is 4. The first-order valence-electron chi connectivity index (χ1n) is 9.52. The molecule has 0 radical (unpaired) electrons. The van der Waals surface area contributed by atoms with Crippen LogP contribution < -0.4 is 4.74 Å². The fourth-order valence-electron chi connectivity index (χ4n) is 4.09. The van der Waals surface area contributed by atoms with Crippen LogP contribution in [-0.4, -0.2) is 44.0 Å². The average Bonchev–Trinajstić information content (AvgIpc) is 3.26. The lowest BCUT2D eigenvalue weighted by molar-refractivity contribution is 0.136. The molecule has 138 valence electrons. The number of aromatic nitrogens is 4. The maximum absolute atomic E-state index is 6.12. The van der Waals surface area contributed by atoms with E-state index in [1.54, 1.807) is 0 Å². The van der Waals surface area contributed by atoms with E-state index in [0.717, 1.165) is 66.8 Å². The fraction of sp³-hybridized carbons (Fsp3) is 0.381. The molecule has 2 aromatic heterocycles. The molecule has 0 unspecified atom stereocenters. The largest absolute Gasteiger partial charge is 0.472 e. The van der Waals surface area contributed by atoms with Gasteiger partial charge in [0.1, 0.15) is 17.8 Å². The van der Waals surface area contributed by atoms with Crippen molar-refractivity contribution in [2.24, 2.45) is 0 Å². The molecule has 2 aliphatic rings. The molecule has 0 saturated carbocycles. The lowest BCUT2D eigenvalue weighted by Gasteiger charge is -2.28. The van der Waals surface area contributed by atoms with Gasteiger partial charge < -0.3 is 9.72 Å². The van der Waals surface area contributed by atoms with Gasteiger partial charge in [0.2, 0.25) is 5.88 Å². The number of aryl methyl sites for hydroxylation is 2. The molecule has 1 aromatic carbocycles. The van der Waals surface area contributed by atoms with E-state index < -0.39 is 0 Å². The first kappa shape index (κ1) is 16.4. The zero-order chi connectivity index (χ0) is 18.4. The number of hydrogen-bond donors (Lipinski definition) is 1. The van der Waals surface area contributed by atoms with Crippen LogP contribution in [0.15, 0.2) is 30.3 Å². The Hall–Kier alpha value is -2.73. The summed E-state index contributed by atoms with van der Waals surface area (Å²) in [5, 5.41) is 0. The van der Waals surface area contributed by atoms with E-state index in [1.807, 2.05) is 32.0 Å². The Bertz CT molecular complexity index is 982. The van der Waals surface area contributed by atoms with Crippen molar-refractivity contribution in [2.75, 3.05) is 13.1 Å². The summed E-state index contributed by atoms with van der Waals surface area (Å²) in [6.45, 7) is 6.75. The molecule has 1 atom stereocenters. The zero-order valence-electron chi connectivity index (χ0n) is 15.7. The van der Waals surface area contributed by atoms with E-state index in [9.17, 15) is 0 Å². The number of ether oxygens (including phenoxy) is 1. The van der Waals surface area contributed by atoms with Gasteiger partial charge in [-0.05, 0) is 13.8 Å². The minimum absolute atomic E-state index is 0.146. The number of aromatic amines is 1. The molecule has 2 aliphatic heterocycles. The zero-order valence-corrected chi connectivity index (χ0v) is 15.7. The SMILES string of the molecule is Cc1nc(C)c2c(n1)O[C@@H](CN1CCc3nc(-c4ccccc4)[nH]c3C1)C2. The predicted molar refractivity (Wildman–Crippen MR) is 103 cm³/mol. The lowest BCUT2D eigenvalue weighted by atomic mass is 10.1. The third-order valence-electron chi connectivity index (χ3n) is 5.42. The topological polar surface area (TPSA) is 66.9 Å². The Morgan fingerprint density at radius 2 is 2.00 bits per heavy atom. The summed E-state index contributed by atoms with van der Waals surface area (Å²) in [6, 6.07) is 10.3. The van der Waals surface area contributed by atoms with E-state index in [2.05, 4.69) is 32.0 Å². The van der Waals surface area contributed by atoms with Gasteiger partial charge in [0, 0.05) is 49.3 Å². The van der Waals surface area contributed by atoms with Crippen LogP contribution in [0.3, 0.4) is 0 Å². The first-order valence-corrected chi connectivity index (χ1v) is 9.52. The standard InChI is InChI=1S/C21H23N5O/c1-13-17-10-16(27-21(17)23-14(2)22-13)11-26-9-8-18-19(12-26)25-20(24-18)15-6-4-3-5-7-15/h3-7,16H,8-12H2,1-2H3,(H,24,25)/t16-/m1/s1. The van der Waals surface area contributed by atoms with Crippen LogP contribution in [0.25, 0.3) is 11.4 Å². The Morgan fingerprint density at radius 3 is 2.85 bits per heavy atom. The Morgan fingerprint density at radius 1 is 1.15 bits per heavy atom. The van der Waals surface area contributed by atoms with Crippen molar-refractivity contribution in [1.82, 2.24) is 24.8 Å². The highest BCUT2D eigenvalue weighted by Crippen LogP contribution is 2.30. The van der Waals surface area contributed by atoms with Gasteiger partial charge in [-0.3, -0.25) is 4.90 Å². The van der Waals surface area contributed by atoms with Crippen molar-refractivity contribution in [3.63, 3.8) is 0 Å². The van der Waals surface area contributed by atoms with Crippen LogP contribution in [0.5, 0.6) is 5.88 Å². The molecule has 3 aromatic rings. The van der Waals surface area contributed by atoms with Crippen LogP contribution >= 0.6 is 0 Å². The van der Waals surface area contributed by atoms with Crippen LogP contribution in [0.1, 0.15) is 28.5 Å². The van der Waals surface area contributed by atoms with Crippen molar-refractivity contribution in [1.29, 1.82) is 0 Å². The quantitative estimate of drug-likeness (QED) is 0.777. The molecule has 27 heavy (non-hydrogen) atoms. The number of rotatable bonds is 3. The van der Waals surface area contributed by atoms with Crippen LogP contribution in [0, 0.1) is 13.8 Å². The van der Waals surface area contributed by atoms with Gasteiger partial charge in [0.25, 0.3) is 0 Å². The monoisotopic (exact) mass is 361 g/mol. The van der Waals surface area contributed by atoms with Gasteiger partial charge in [-0.25, -0.2) is 9.97 Å². The molecule has 0 aliphatic carbocycles. The number of imidazole rings is 1. The maximum atomic E-state index is 6.12. The summed E-state index contributed by atoms with van der Waals surface area (Å²) in [5.41, 5.74) is 5.76. The summed E-state index contributed by atoms with van der Waals surface area (Å²) in [7, 11) is 0. The number of H-pyrrole nitrogens is 1. The van der Waals surface area contributed by atoms with Crippen molar-refractivity contribution >= 4 is 0 Å². The fourth-order valence-corrected chi connectivity index (χ4v) is 4.09. The van der Waals surface area contributed by atoms with Gasteiger partial charge >= 0.3 is 0 Å². The normalized spacial score (nSPS) is 18.8. The summed E-state index contributed by atoms with van der Waals surface area (Å²) < 4.78 is 6.12. The van der Waals surface area contributed by atoms with E-state index in [1.165, 1.54) is 11.4 Å². The molecular formula is C21H23N5O. The molecule has 4 heterocycles. The van der Waals surface area contributed by atoms with Crippen LogP contribution in [0.4, 0.5) is 0 Å². The van der Waals surface area contributed by atoms with Crippen LogP contribution in [-0.2, 0) is 19.4 Å². The second kappa shape index (κ2) is 6.46. The van der Waals surface area contributed by atoms with Gasteiger partial charge in [-0.1, -0.05) is 30.3 Å². The molecule has 1 N–H and O–H groups in total. The van der Waals surface area contributed by atoms with Crippen LogP contribution in [0.2, 0.25) is 0 Å². The Balaban J connectivity index is 1.28. The number of benzene rings is 1. The minimum Gasteiger partial charge on any atom is -0.472 e. The highest BCUT2D eigenvalue weighted by atomic mass is 16.5. The number of fused-ring (bicyclic) bond motifs is 2. The van der Waals surface area contributed by atoms with E-state index in [0.29, 0.717) is 0 Å². The van der Waals surface area contributed by atoms with Gasteiger partial charge in [-0.15, -0.1) is 0 Å². The molecular weight excluding hydrogens is 338 g/mol. The second-order valence-corrected chi connectivity index (χ2v) is 7.45. The summed E-state index contributed by atoms with van der Waals surface area (Å²) in [5.74, 6) is 2.52. The smallest absolute Gasteiger partial charge is 0.220 e. The molecule has 0 spiro atoms. The highest BCUT2D eigenvalue weighted by Gasteiger charge is 2.30. The molecule has 0 bridgehead atoms. The van der Waals surface area contributed by atoms with E-state index >= 15 is 0 Å². The molecule has 6 heteroatoms. The predicted octanol–water partition coefficient (Wildman–Crippen LogP) is 2.85. The van der Waals surface area contributed by atoms with E-state index in [4.69, 9.17) is 9.72 Å². The summed E-state index contributed by atoms with van der Waals surface area (Å²) in [6.07, 6.45) is 2.01.